The Hall–Kier alpha value is -1.60. The summed E-state index contributed by atoms with van der Waals surface area (Å²) in [7, 11) is 1.72. The van der Waals surface area contributed by atoms with E-state index in [1.165, 1.54) is 11.8 Å². The number of nitrogens with zero attached hydrogens (tertiary/aromatic N) is 3. The second kappa shape index (κ2) is 5.65. The smallest absolute Gasteiger partial charge is 0.313 e. The summed E-state index contributed by atoms with van der Waals surface area (Å²) >= 11 is 1.24. The molecular weight excluding hydrogens is 290 g/mol. The number of rotatable bonds is 5. The number of aliphatic carboxylic acids is 1. The predicted molar refractivity (Wildman–Crippen MR) is 79.7 cm³/mol. The number of aryl methyl sites for hydroxylation is 1. The van der Waals surface area contributed by atoms with E-state index < -0.39 is 5.97 Å². The Morgan fingerprint density at radius 1 is 1.48 bits per heavy atom. The molecule has 6 nitrogen and oxygen atoms in total. The molecule has 2 aromatic rings. The Bertz CT molecular complexity index is 679. The van der Waals surface area contributed by atoms with Crippen molar-refractivity contribution in [2.24, 2.45) is 0 Å². The van der Waals surface area contributed by atoms with Crippen LogP contribution < -0.4 is 0 Å². The van der Waals surface area contributed by atoms with Gasteiger partial charge in [-0.25, -0.2) is 9.97 Å². The van der Waals surface area contributed by atoms with Crippen molar-refractivity contribution in [3.63, 3.8) is 0 Å². The van der Waals surface area contributed by atoms with Crippen LogP contribution >= 0.6 is 11.8 Å². The third-order valence-electron chi connectivity index (χ3n) is 3.74. The number of fused-ring (bicyclic) bond motifs is 1. The standard InChI is InChI=1S/C14H17N3O3S/c1-8-3-4-11-13(15-8)17(9-5-10(6-9)20-2)14(16-11)21-7-12(18)19/h3-4,9-10H,5-7H2,1-2H3,(H,18,19). The first kappa shape index (κ1) is 14.3. The number of imidazole rings is 1. The highest BCUT2D eigenvalue weighted by atomic mass is 32.2. The minimum absolute atomic E-state index is 0.00271. The molecule has 2 heterocycles. The number of aromatic nitrogens is 3. The van der Waals surface area contributed by atoms with E-state index in [-0.39, 0.29) is 17.9 Å². The van der Waals surface area contributed by atoms with Crippen LogP contribution in [0, 0.1) is 6.92 Å². The molecule has 1 fully saturated rings. The van der Waals surface area contributed by atoms with Crippen molar-refractivity contribution in [3.05, 3.63) is 17.8 Å². The van der Waals surface area contributed by atoms with E-state index in [2.05, 4.69) is 14.5 Å². The average molecular weight is 307 g/mol. The minimum Gasteiger partial charge on any atom is -0.481 e. The number of pyridine rings is 1. The first-order valence-corrected chi connectivity index (χ1v) is 7.80. The lowest BCUT2D eigenvalue weighted by Crippen LogP contribution is -2.33. The predicted octanol–water partition coefficient (Wildman–Crippen LogP) is 2.27. The van der Waals surface area contributed by atoms with E-state index in [0.29, 0.717) is 0 Å². The molecular formula is C14H17N3O3S. The summed E-state index contributed by atoms with van der Waals surface area (Å²) in [5, 5.41) is 9.61. The normalized spacial score (nSPS) is 21.4. The van der Waals surface area contributed by atoms with Crippen molar-refractivity contribution in [1.29, 1.82) is 0 Å². The van der Waals surface area contributed by atoms with Gasteiger partial charge in [-0.1, -0.05) is 11.8 Å². The maximum atomic E-state index is 10.8. The molecule has 0 aromatic carbocycles. The molecule has 0 radical (unpaired) electrons. The fourth-order valence-electron chi connectivity index (χ4n) is 2.55. The van der Waals surface area contributed by atoms with Crippen molar-refractivity contribution in [1.82, 2.24) is 14.5 Å². The van der Waals surface area contributed by atoms with Crippen LogP contribution in [0.2, 0.25) is 0 Å². The number of thioether (sulfide) groups is 1. The van der Waals surface area contributed by atoms with E-state index in [1.807, 2.05) is 19.1 Å². The van der Waals surface area contributed by atoms with Gasteiger partial charge in [-0.05, 0) is 31.9 Å². The highest BCUT2D eigenvalue weighted by Gasteiger charge is 2.33. The van der Waals surface area contributed by atoms with Crippen LogP contribution in [0.5, 0.6) is 0 Å². The fourth-order valence-corrected chi connectivity index (χ4v) is 3.34. The van der Waals surface area contributed by atoms with Gasteiger partial charge in [0.1, 0.15) is 5.52 Å². The molecule has 112 valence electrons. The Morgan fingerprint density at radius 2 is 2.24 bits per heavy atom. The van der Waals surface area contributed by atoms with Gasteiger partial charge in [0, 0.05) is 18.8 Å². The molecule has 0 spiro atoms. The zero-order valence-electron chi connectivity index (χ0n) is 11.9. The van der Waals surface area contributed by atoms with Gasteiger partial charge in [-0.3, -0.25) is 4.79 Å². The van der Waals surface area contributed by atoms with Crippen LogP contribution in [0.3, 0.4) is 0 Å². The van der Waals surface area contributed by atoms with Crippen molar-refractivity contribution in [2.75, 3.05) is 12.9 Å². The number of carbonyl (C=O) groups is 1. The molecule has 0 amide bonds. The molecule has 1 N–H and O–H groups in total. The zero-order chi connectivity index (χ0) is 15.0. The molecule has 7 heteroatoms. The van der Waals surface area contributed by atoms with E-state index in [9.17, 15) is 4.79 Å². The van der Waals surface area contributed by atoms with Crippen LogP contribution in [-0.2, 0) is 9.53 Å². The van der Waals surface area contributed by atoms with E-state index >= 15 is 0 Å². The monoisotopic (exact) mass is 307 g/mol. The lowest BCUT2D eigenvalue weighted by molar-refractivity contribution is -0.133. The largest absolute Gasteiger partial charge is 0.481 e. The van der Waals surface area contributed by atoms with Crippen molar-refractivity contribution < 1.29 is 14.6 Å². The Kier molecular flexibility index (Phi) is 3.86. The number of carboxylic acid groups (broad SMARTS) is 1. The highest BCUT2D eigenvalue weighted by molar-refractivity contribution is 7.99. The molecule has 3 rings (SSSR count). The molecule has 0 saturated heterocycles. The van der Waals surface area contributed by atoms with Crippen LogP contribution in [0.25, 0.3) is 11.2 Å². The highest BCUT2D eigenvalue weighted by Crippen LogP contribution is 2.39. The molecule has 1 aliphatic rings. The average Bonchev–Trinajstić information content (AvgIpc) is 2.73. The zero-order valence-corrected chi connectivity index (χ0v) is 12.8. The van der Waals surface area contributed by atoms with Crippen molar-refractivity contribution >= 4 is 28.9 Å². The number of hydrogen-bond acceptors (Lipinski definition) is 5. The summed E-state index contributed by atoms with van der Waals surface area (Å²) in [6, 6.07) is 4.14. The summed E-state index contributed by atoms with van der Waals surface area (Å²) in [6.07, 6.45) is 2.10. The quantitative estimate of drug-likeness (QED) is 0.854. The van der Waals surface area contributed by atoms with Crippen LogP contribution in [0.4, 0.5) is 0 Å². The summed E-state index contributed by atoms with van der Waals surface area (Å²) in [5.74, 6) is -0.839. The van der Waals surface area contributed by atoms with Gasteiger partial charge in [-0.2, -0.15) is 0 Å². The fraction of sp³-hybridized carbons (Fsp3) is 0.500. The topological polar surface area (TPSA) is 77.2 Å². The van der Waals surface area contributed by atoms with Gasteiger partial charge in [0.05, 0.1) is 11.9 Å². The van der Waals surface area contributed by atoms with Gasteiger partial charge >= 0.3 is 5.97 Å². The molecule has 0 bridgehead atoms. The number of carboxylic acids is 1. The molecule has 1 saturated carbocycles. The second-order valence-corrected chi connectivity index (χ2v) is 6.17. The summed E-state index contributed by atoms with van der Waals surface area (Å²) < 4.78 is 7.41. The lowest BCUT2D eigenvalue weighted by atomic mass is 9.89. The molecule has 0 aliphatic heterocycles. The number of methoxy groups -OCH3 is 1. The van der Waals surface area contributed by atoms with Crippen LogP contribution in [0.15, 0.2) is 17.3 Å². The third-order valence-corrected chi connectivity index (χ3v) is 4.67. The third kappa shape index (κ3) is 2.75. The first-order valence-electron chi connectivity index (χ1n) is 6.81. The Morgan fingerprint density at radius 3 is 2.90 bits per heavy atom. The molecule has 2 aromatic heterocycles. The summed E-state index contributed by atoms with van der Waals surface area (Å²) in [6.45, 7) is 1.94. The van der Waals surface area contributed by atoms with Gasteiger partial charge in [0.25, 0.3) is 0 Å². The van der Waals surface area contributed by atoms with E-state index in [1.54, 1.807) is 7.11 Å². The van der Waals surface area contributed by atoms with Gasteiger partial charge < -0.3 is 14.4 Å². The molecule has 21 heavy (non-hydrogen) atoms. The molecule has 0 atom stereocenters. The number of ether oxygens (including phenoxy) is 1. The maximum Gasteiger partial charge on any atom is 0.313 e. The number of hydrogen-bond donors (Lipinski definition) is 1. The van der Waals surface area contributed by atoms with Gasteiger partial charge in [0.15, 0.2) is 10.8 Å². The van der Waals surface area contributed by atoms with E-state index in [4.69, 9.17) is 9.84 Å². The summed E-state index contributed by atoms with van der Waals surface area (Å²) in [5.41, 5.74) is 2.58. The molecule has 0 unspecified atom stereocenters. The van der Waals surface area contributed by atoms with Gasteiger partial charge in [0.2, 0.25) is 0 Å². The Labute approximate surface area is 126 Å². The van der Waals surface area contributed by atoms with E-state index in [0.717, 1.165) is 34.9 Å². The minimum atomic E-state index is -0.842. The van der Waals surface area contributed by atoms with Crippen LogP contribution in [0.1, 0.15) is 24.6 Å². The summed E-state index contributed by atoms with van der Waals surface area (Å²) in [4.78, 5) is 19.9. The Balaban J connectivity index is 1.98. The first-order chi connectivity index (χ1) is 10.1. The van der Waals surface area contributed by atoms with Gasteiger partial charge in [-0.15, -0.1) is 0 Å². The van der Waals surface area contributed by atoms with Crippen LogP contribution in [-0.4, -0.2) is 44.6 Å². The van der Waals surface area contributed by atoms with Crippen molar-refractivity contribution in [2.45, 2.75) is 37.1 Å². The second-order valence-electron chi connectivity index (χ2n) is 5.23. The lowest BCUT2D eigenvalue weighted by Gasteiger charge is -2.35. The maximum absolute atomic E-state index is 10.8. The molecule has 1 aliphatic carbocycles. The SMILES string of the molecule is COC1CC(n2c(SCC(=O)O)nc3ccc(C)nc32)C1. The van der Waals surface area contributed by atoms with Crippen molar-refractivity contribution in [3.8, 4) is 0 Å².